The first-order chi connectivity index (χ1) is 7.66. The fourth-order valence-electron chi connectivity index (χ4n) is 1.93. The Labute approximate surface area is 98.2 Å². The number of likely N-dealkylation sites (N-methyl/N-ethyl adjacent to an activating group) is 1. The summed E-state index contributed by atoms with van der Waals surface area (Å²) in [5.74, 6) is 0. The molecule has 0 spiro atoms. The van der Waals surface area contributed by atoms with Gasteiger partial charge in [0.05, 0.1) is 18.1 Å². The van der Waals surface area contributed by atoms with Crippen molar-refractivity contribution in [3.8, 4) is 0 Å². The first-order valence-corrected chi connectivity index (χ1v) is 5.95. The zero-order chi connectivity index (χ0) is 12.0. The molecule has 0 aromatic carbocycles. The van der Waals surface area contributed by atoms with Crippen molar-refractivity contribution >= 4 is 0 Å². The van der Waals surface area contributed by atoms with Gasteiger partial charge in [0.15, 0.2) is 0 Å². The summed E-state index contributed by atoms with van der Waals surface area (Å²) in [6.45, 7) is 7.37. The molecule has 0 aliphatic heterocycles. The van der Waals surface area contributed by atoms with E-state index in [2.05, 4.69) is 26.1 Å². The van der Waals surface area contributed by atoms with Gasteiger partial charge >= 0.3 is 0 Å². The topological polar surface area (TPSA) is 34.4 Å². The molecule has 0 saturated heterocycles. The smallest absolute Gasteiger partial charge is 0.0935 e. The van der Waals surface area contributed by atoms with Crippen LogP contribution < -0.4 is 5.32 Å². The molecule has 0 aliphatic carbocycles. The number of methoxy groups -OCH3 is 1. The largest absolute Gasteiger partial charge is 0.472 e. The van der Waals surface area contributed by atoms with Crippen LogP contribution >= 0.6 is 0 Å². The van der Waals surface area contributed by atoms with E-state index in [-0.39, 0.29) is 5.60 Å². The molecule has 92 valence electrons. The normalized spacial score (nSPS) is 17.0. The highest BCUT2D eigenvalue weighted by Crippen LogP contribution is 2.22. The molecule has 1 aromatic heterocycles. The summed E-state index contributed by atoms with van der Waals surface area (Å²) < 4.78 is 10.8. The lowest BCUT2D eigenvalue weighted by atomic mass is 9.89. The second kappa shape index (κ2) is 6.06. The van der Waals surface area contributed by atoms with Crippen molar-refractivity contribution in [2.45, 2.75) is 45.3 Å². The van der Waals surface area contributed by atoms with Crippen molar-refractivity contribution in [2.75, 3.05) is 13.7 Å². The van der Waals surface area contributed by atoms with Crippen molar-refractivity contribution in [3.63, 3.8) is 0 Å². The molecule has 1 aromatic rings. The highest BCUT2D eigenvalue weighted by Gasteiger charge is 2.32. The summed E-state index contributed by atoms with van der Waals surface area (Å²) in [5.41, 5.74) is 1.08. The Kier molecular flexibility index (Phi) is 5.03. The van der Waals surface area contributed by atoms with Gasteiger partial charge in [-0.1, -0.05) is 13.8 Å². The van der Waals surface area contributed by atoms with Crippen LogP contribution in [-0.2, 0) is 11.2 Å². The Morgan fingerprint density at radius 1 is 1.50 bits per heavy atom. The molecule has 3 nitrogen and oxygen atoms in total. The van der Waals surface area contributed by atoms with Crippen LogP contribution in [0.2, 0.25) is 0 Å². The minimum absolute atomic E-state index is 0.132. The molecule has 1 N–H and O–H groups in total. The Morgan fingerprint density at radius 2 is 2.25 bits per heavy atom. The van der Waals surface area contributed by atoms with Gasteiger partial charge in [0.2, 0.25) is 0 Å². The molecule has 0 saturated carbocycles. The lowest BCUT2D eigenvalue weighted by Crippen LogP contribution is -2.51. The van der Waals surface area contributed by atoms with E-state index >= 15 is 0 Å². The van der Waals surface area contributed by atoms with Gasteiger partial charge in [-0.3, -0.25) is 0 Å². The maximum absolute atomic E-state index is 5.66. The van der Waals surface area contributed by atoms with E-state index in [4.69, 9.17) is 9.15 Å². The molecule has 3 heteroatoms. The molecule has 2 unspecified atom stereocenters. The summed E-state index contributed by atoms with van der Waals surface area (Å²) in [5, 5.41) is 3.50. The van der Waals surface area contributed by atoms with Crippen molar-refractivity contribution in [1.29, 1.82) is 0 Å². The van der Waals surface area contributed by atoms with Crippen LogP contribution in [0.1, 0.15) is 32.8 Å². The van der Waals surface area contributed by atoms with Gasteiger partial charge in [0, 0.05) is 13.2 Å². The van der Waals surface area contributed by atoms with Crippen molar-refractivity contribution < 1.29 is 9.15 Å². The standard InChI is InChI=1S/C13H23NO2/c1-5-13(3,15-4)12(14-6-2)9-11-7-8-16-10-11/h7-8,10,12,14H,5-6,9H2,1-4H3. The molecule has 0 fully saturated rings. The van der Waals surface area contributed by atoms with Gasteiger partial charge in [-0.2, -0.15) is 0 Å². The number of ether oxygens (including phenoxy) is 1. The van der Waals surface area contributed by atoms with Crippen LogP contribution in [0, 0.1) is 0 Å². The van der Waals surface area contributed by atoms with E-state index in [1.54, 1.807) is 19.6 Å². The zero-order valence-electron chi connectivity index (χ0n) is 10.7. The number of nitrogens with one attached hydrogen (secondary N) is 1. The van der Waals surface area contributed by atoms with E-state index in [0.717, 1.165) is 19.4 Å². The predicted octanol–water partition coefficient (Wildman–Crippen LogP) is 2.62. The van der Waals surface area contributed by atoms with E-state index < -0.39 is 0 Å². The van der Waals surface area contributed by atoms with Crippen LogP contribution in [0.25, 0.3) is 0 Å². The maximum Gasteiger partial charge on any atom is 0.0935 e. The predicted molar refractivity (Wildman–Crippen MR) is 65.6 cm³/mol. The Balaban J connectivity index is 2.73. The zero-order valence-corrected chi connectivity index (χ0v) is 10.7. The number of rotatable bonds is 7. The molecule has 0 radical (unpaired) electrons. The van der Waals surface area contributed by atoms with Gasteiger partial charge in [-0.15, -0.1) is 0 Å². The fourth-order valence-corrected chi connectivity index (χ4v) is 1.93. The van der Waals surface area contributed by atoms with Crippen LogP contribution in [0.5, 0.6) is 0 Å². The Bertz CT molecular complexity index is 278. The molecule has 2 atom stereocenters. The van der Waals surface area contributed by atoms with Gasteiger partial charge in [-0.25, -0.2) is 0 Å². The summed E-state index contributed by atoms with van der Waals surface area (Å²) in [4.78, 5) is 0. The fraction of sp³-hybridized carbons (Fsp3) is 0.692. The maximum atomic E-state index is 5.66. The monoisotopic (exact) mass is 225 g/mol. The number of furan rings is 1. The van der Waals surface area contributed by atoms with E-state index in [0.29, 0.717) is 6.04 Å². The van der Waals surface area contributed by atoms with Crippen molar-refractivity contribution in [1.82, 2.24) is 5.32 Å². The van der Waals surface area contributed by atoms with Crippen molar-refractivity contribution in [3.05, 3.63) is 24.2 Å². The highest BCUT2D eigenvalue weighted by atomic mass is 16.5. The highest BCUT2D eigenvalue weighted by molar-refractivity contribution is 5.09. The molecule has 1 rings (SSSR count). The molecule has 0 amide bonds. The van der Waals surface area contributed by atoms with Gasteiger partial charge in [0.1, 0.15) is 0 Å². The second-order valence-corrected chi connectivity index (χ2v) is 4.32. The minimum Gasteiger partial charge on any atom is -0.472 e. The van der Waals surface area contributed by atoms with E-state index in [9.17, 15) is 0 Å². The third kappa shape index (κ3) is 3.09. The first-order valence-electron chi connectivity index (χ1n) is 5.95. The number of hydrogen-bond acceptors (Lipinski definition) is 3. The number of hydrogen-bond donors (Lipinski definition) is 1. The van der Waals surface area contributed by atoms with Gasteiger partial charge in [-0.05, 0) is 37.9 Å². The van der Waals surface area contributed by atoms with Crippen LogP contribution in [0.15, 0.2) is 23.0 Å². The quantitative estimate of drug-likeness (QED) is 0.774. The molecular weight excluding hydrogens is 202 g/mol. The third-order valence-electron chi connectivity index (χ3n) is 3.38. The molecule has 0 bridgehead atoms. The van der Waals surface area contributed by atoms with Crippen LogP contribution in [-0.4, -0.2) is 25.3 Å². The molecule has 0 aliphatic rings. The average Bonchev–Trinajstić information content (AvgIpc) is 2.80. The molecule has 1 heterocycles. The summed E-state index contributed by atoms with van der Waals surface area (Å²) in [7, 11) is 1.78. The van der Waals surface area contributed by atoms with Crippen LogP contribution in [0.3, 0.4) is 0 Å². The first kappa shape index (κ1) is 13.3. The van der Waals surface area contributed by atoms with Crippen molar-refractivity contribution in [2.24, 2.45) is 0 Å². The minimum atomic E-state index is -0.132. The lowest BCUT2D eigenvalue weighted by Gasteiger charge is -2.36. The van der Waals surface area contributed by atoms with E-state index in [1.807, 2.05) is 6.07 Å². The van der Waals surface area contributed by atoms with Gasteiger partial charge in [0.25, 0.3) is 0 Å². The summed E-state index contributed by atoms with van der Waals surface area (Å²) in [6.07, 6.45) is 5.44. The lowest BCUT2D eigenvalue weighted by molar-refractivity contribution is -0.0284. The summed E-state index contributed by atoms with van der Waals surface area (Å²) >= 11 is 0. The van der Waals surface area contributed by atoms with Gasteiger partial charge < -0.3 is 14.5 Å². The molecular formula is C13H23NO2. The Hall–Kier alpha value is -0.800. The third-order valence-corrected chi connectivity index (χ3v) is 3.38. The van der Waals surface area contributed by atoms with E-state index in [1.165, 1.54) is 5.56 Å². The average molecular weight is 225 g/mol. The van der Waals surface area contributed by atoms with Crippen LogP contribution in [0.4, 0.5) is 0 Å². The second-order valence-electron chi connectivity index (χ2n) is 4.32. The summed E-state index contributed by atoms with van der Waals surface area (Å²) in [6, 6.07) is 2.32. The molecule has 16 heavy (non-hydrogen) atoms. The Morgan fingerprint density at radius 3 is 2.69 bits per heavy atom. The SMILES string of the molecule is CCNC(Cc1ccoc1)C(C)(CC)OC.